The smallest absolute Gasteiger partial charge is 0.191 e. The van der Waals surface area contributed by atoms with E-state index in [0.29, 0.717) is 11.5 Å². The van der Waals surface area contributed by atoms with Crippen molar-refractivity contribution in [3.63, 3.8) is 0 Å². The lowest BCUT2D eigenvalue weighted by Gasteiger charge is -2.18. The first kappa shape index (κ1) is 18.7. The fourth-order valence-corrected chi connectivity index (χ4v) is 2.43. The summed E-state index contributed by atoms with van der Waals surface area (Å²) in [4.78, 5) is 4.51. The molecule has 3 nitrogen and oxygen atoms in total. The molecule has 0 spiro atoms. The molecule has 1 unspecified atom stereocenters. The first-order valence-electron chi connectivity index (χ1n) is 7.57. The highest BCUT2D eigenvalue weighted by Gasteiger charge is 2.10. The van der Waals surface area contributed by atoms with Crippen molar-refractivity contribution >= 4 is 17.7 Å². The predicted octanol–water partition coefficient (Wildman–Crippen LogP) is 3.72. The van der Waals surface area contributed by atoms with E-state index < -0.39 is 11.6 Å². The van der Waals surface area contributed by atoms with Crippen molar-refractivity contribution in [3.05, 3.63) is 35.4 Å². The molecule has 0 heterocycles. The average molecular weight is 329 g/mol. The third-order valence-electron chi connectivity index (χ3n) is 3.17. The molecule has 2 N–H and O–H groups in total. The SMILES string of the molecule is CCNC(=NCCCCSC)NC(C)c1ccc(F)c(F)c1. The van der Waals surface area contributed by atoms with Crippen LogP contribution in [0.2, 0.25) is 0 Å². The van der Waals surface area contributed by atoms with E-state index in [1.807, 2.05) is 25.6 Å². The van der Waals surface area contributed by atoms with Crippen molar-refractivity contribution in [1.82, 2.24) is 10.6 Å². The third kappa shape index (κ3) is 6.64. The maximum atomic E-state index is 13.3. The second-order valence-corrected chi connectivity index (χ2v) is 5.99. The lowest BCUT2D eigenvalue weighted by molar-refractivity contribution is 0.504. The van der Waals surface area contributed by atoms with E-state index in [1.54, 1.807) is 6.07 Å². The molecule has 22 heavy (non-hydrogen) atoms. The number of hydrogen-bond donors (Lipinski definition) is 2. The molecule has 0 saturated carbocycles. The van der Waals surface area contributed by atoms with Crippen LogP contribution in [0.5, 0.6) is 0 Å². The third-order valence-corrected chi connectivity index (χ3v) is 3.86. The number of thioether (sulfide) groups is 1. The van der Waals surface area contributed by atoms with E-state index in [9.17, 15) is 8.78 Å². The van der Waals surface area contributed by atoms with Crippen LogP contribution in [0.4, 0.5) is 8.78 Å². The number of halogens is 2. The lowest BCUT2D eigenvalue weighted by Crippen LogP contribution is -2.38. The van der Waals surface area contributed by atoms with Gasteiger partial charge in [-0.2, -0.15) is 11.8 Å². The van der Waals surface area contributed by atoms with Crippen LogP contribution in [-0.4, -0.2) is 31.1 Å². The molecule has 0 fully saturated rings. The minimum atomic E-state index is -0.829. The van der Waals surface area contributed by atoms with Crippen LogP contribution >= 0.6 is 11.8 Å². The van der Waals surface area contributed by atoms with Crippen LogP contribution in [-0.2, 0) is 0 Å². The molecule has 1 aromatic carbocycles. The van der Waals surface area contributed by atoms with E-state index in [0.717, 1.165) is 37.8 Å². The maximum absolute atomic E-state index is 13.3. The summed E-state index contributed by atoms with van der Waals surface area (Å²) in [6.45, 7) is 5.39. The normalized spacial score (nSPS) is 13.0. The van der Waals surface area contributed by atoms with Crippen LogP contribution in [0.15, 0.2) is 23.2 Å². The van der Waals surface area contributed by atoms with Gasteiger partial charge in [-0.15, -0.1) is 0 Å². The zero-order chi connectivity index (χ0) is 16.4. The fourth-order valence-electron chi connectivity index (χ4n) is 1.94. The number of nitrogens with one attached hydrogen (secondary N) is 2. The molecule has 0 saturated heterocycles. The standard InChI is InChI=1S/C16H25F2N3S/c1-4-19-16(20-9-5-6-10-22-3)21-12(2)13-7-8-14(17)15(18)11-13/h7-8,11-12H,4-6,9-10H2,1-3H3,(H2,19,20,21). The zero-order valence-electron chi connectivity index (χ0n) is 13.5. The molecule has 0 aromatic heterocycles. The van der Waals surface area contributed by atoms with Crippen LogP contribution in [0.1, 0.15) is 38.3 Å². The highest BCUT2D eigenvalue weighted by molar-refractivity contribution is 7.98. The summed E-state index contributed by atoms with van der Waals surface area (Å²) in [5, 5.41) is 6.38. The molecule has 124 valence electrons. The largest absolute Gasteiger partial charge is 0.357 e. The molecule has 0 aliphatic heterocycles. The Bertz CT molecular complexity index is 480. The summed E-state index contributed by atoms with van der Waals surface area (Å²) >= 11 is 1.84. The van der Waals surface area contributed by atoms with E-state index in [-0.39, 0.29) is 6.04 Å². The first-order chi connectivity index (χ1) is 10.6. The van der Waals surface area contributed by atoms with Gasteiger partial charge in [0.2, 0.25) is 0 Å². The molecular weight excluding hydrogens is 304 g/mol. The van der Waals surface area contributed by atoms with Crippen LogP contribution in [0.3, 0.4) is 0 Å². The highest BCUT2D eigenvalue weighted by atomic mass is 32.2. The second-order valence-electron chi connectivity index (χ2n) is 5.00. The van der Waals surface area contributed by atoms with Crippen molar-refractivity contribution in [2.75, 3.05) is 25.1 Å². The Morgan fingerprint density at radius 2 is 2.05 bits per heavy atom. The van der Waals surface area contributed by atoms with E-state index in [4.69, 9.17) is 0 Å². The van der Waals surface area contributed by atoms with Gasteiger partial charge >= 0.3 is 0 Å². The Labute approximate surface area is 136 Å². The number of benzene rings is 1. The number of rotatable bonds is 8. The summed E-state index contributed by atoms with van der Waals surface area (Å²) in [6.07, 6.45) is 4.28. The summed E-state index contributed by atoms with van der Waals surface area (Å²) in [5.41, 5.74) is 0.687. The van der Waals surface area contributed by atoms with Crippen molar-refractivity contribution in [3.8, 4) is 0 Å². The van der Waals surface area contributed by atoms with Gasteiger partial charge in [-0.3, -0.25) is 4.99 Å². The molecule has 1 aromatic rings. The molecule has 0 radical (unpaired) electrons. The molecule has 1 rings (SSSR count). The number of unbranched alkanes of at least 4 members (excludes halogenated alkanes) is 1. The van der Waals surface area contributed by atoms with Gasteiger partial charge in [-0.25, -0.2) is 8.78 Å². The summed E-state index contributed by atoms with van der Waals surface area (Å²) < 4.78 is 26.3. The van der Waals surface area contributed by atoms with Crippen molar-refractivity contribution in [1.29, 1.82) is 0 Å². The first-order valence-corrected chi connectivity index (χ1v) is 8.96. The van der Waals surface area contributed by atoms with Crippen molar-refractivity contribution < 1.29 is 8.78 Å². The molecule has 0 aliphatic carbocycles. The molecule has 0 amide bonds. The number of hydrogen-bond acceptors (Lipinski definition) is 2. The highest BCUT2D eigenvalue weighted by Crippen LogP contribution is 2.15. The van der Waals surface area contributed by atoms with Gasteiger partial charge in [0, 0.05) is 13.1 Å². The Hall–Kier alpha value is -1.30. The van der Waals surface area contributed by atoms with E-state index in [2.05, 4.69) is 21.9 Å². The van der Waals surface area contributed by atoms with Gasteiger partial charge in [0.15, 0.2) is 17.6 Å². The van der Waals surface area contributed by atoms with Gasteiger partial charge in [0.1, 0.15) is 0 Å². The number of guanidine groups is 1. The van der Waals surface area contributed by atoms with Crippen LogP contribution in [0, 0.1) is 11.6 Å². The van der Waals surface area contributed by atoms with E-state index >= 15 is 0 Å². The predicted molar refractivity (Wildman–Crippen MR) is 91.5 cm³/mol. The quantitative estimate of drug-likeness (QED) is 0.433. The summed E-state index contributed by atoms with van der Waals surface area (Å²) in [7, 11) is 0. The minimum absolute atomic E-state index is 0.154. The number of nitrogens with zero attached hydrogens (tertiary/aromatic N) is 1. The van der Waals surface area contributed by atoms with Gasteiger partial charge in [0.25, 0.3) is 0 Å². The van der Waals surface area contributed by atoms with E-state index in [1.165, 1.54) is 6.07 Å². The fraction of sp³-hybridized carbons (Fsp3) is 0.562. The molecule has 6 heteroatoms. The molecular formula is C16H25F2N3S. The maximum Gasteiger partial charge on any atom is 0.191 e. The lowest BCUT2D eigenvalue weighted by atomic mass is 10.1. The average Bonchev–Trinajstić information content (AvgIpc) is 2.49. The van der Waals surface area contributed by atoms with Gasteiger partial charge in [-0.05, 0) is 56.4 Å². The molecule has 0 aliphatic rings. The Balaban J connectivity index is 2.60. The monoisotopic (exact) mass is 329 g/mol. The molecule has 1 atom stereocenters. The second kappa shape index (κ2) is 10.4. The Morgan fingerprint density at radius 3 is 2.68 bits per heavy atom. The molecule has 0 bridgehead atoms. The van der Waals surface area contributed by atoms with Crippen molar-refractivity contribution in [2.45, 2.75) is 32.7 Å². The van der Waals surface area contributed by atoms with Crippen LogP contribution < -0.4 is 10.6 Å². The van der Waals surface area contributed by atoms with Crippen LogP contribution in [0.25, 0.3) is 0 Å². The minimum Gasteiger partial charge on any atom is -0.357 e. The number of aliphatic imine (C=N–C) groups is 1. The zero-order valence-corrected chi connectivity index (χ0v) is 14.3. The summed E-state index contributed by atoms with van der Waals surface area (Å²) in [5.74, 6) is 0.185. The van der Waals surface area contributed by atoms with Crippen molar-refractivity contribution in [2.24, 2.45) is 4.99 Å². The Morgan fingerprint density at radius 1 is 1.27 bits per heavy atom. The van der Waals surface area contributed by atoms with Gasteiger partial charge in [-0.1, -0.05) is 6.07 Å². The van der Waals surface area contributed by atoms with Gasteiger partial charge < -0.3 is 10.6 Å². The Kier molecular flexibility index (Phi) is 8.89. The topological polar surface area (TPSA) is 36.4 Å². The summed E-state index contributed by atoms with van der Waals surface area (Å²) in [6, 6.07) is 3.79. The van der Waals surface area contributed by atoms with Gasteiger partial charge in [0.05, 0.1) is 6.04 Å².